The van der Waals surface area contributed by atoms with Gasteiger partial charge in [-0.05, 0) is 55.1 Å². The summed E-state index contributed by atoms with van der Waals surface area (Å²) in [6.45, 7) is 8.37. The highest BCUT2D eigenvalue weighted by Gasteiger charge is 2.53. The lowest BCUT2D eigenvalue weighted by atomic mass is 9.75. The first-order chi connectivity index (χ1) is 9.89. The van der Waals surface area contributed by atoms with Crippen LogP contribution in [-0.4, -0.2) is 18.3 Å². The van der Waals surface area contributed by atoms with Gasteiger partial charge in [-0.25, -0.2) is 0 Å². The third-order valence-electron chi connectivity index (χ3n) is 5.07. The van der Waals surface area contributed by atoms with E-state index in [9.17, 15) is 0 Å². The molecule has 0 N–H and O–H groups in total. The van der Waals surface area contributed by atoms with Gasteiger partial charge >= 0.3 is 7.12 Å². The van der Waals surface area contributed by atoms with Crippen LogP contribution in [0.3, 0.4) is 0 Å². The molecule has 0 radical (unpaired) electrons. The summed E-state index contributed by atoms with van der Waals surface area (Å²) in [5.74, 6) is 0. The maximum absolute atomic E-state index is 6.22. The molecule has 21 heavy (non-hydrogen) atoms. The zero-order chi connectivity index (χ0) is 14.8. The fourth-order valence-corrected chi connectivity index (χ4v) is 3.14. The largest absolute Gasteiger partial charge is 0.495 e. The van der Waals surface area contributed by atoms with E-state index in [-0.39, 0.29) is 18.3 Å². The van der Waals surface area contributed by atoms with Gasteiger partial charge in [0.15, 0.2) is 0 Å². The molecule has 1 fully saturated rings. The molecular formula is C18H19BO2. The van der Waals surface area contributed by atoms with Crippen molar-refractivity contribution in [3.8, 4) is 0 Å². The van der Waals surface area contributed by atoms with Crippen molar-refractivity contribution in [2.75, 3.05) is 0 Å². The van der Waals surface area contributed by atoms with E-state index in [1.54, 1.807) is 0 Å². The molecule has 2 aromatic carbocycles. The average molecular weight is 278 g/mol. The fourth-order valence-electron chi connectivity index (χ4n) is 3.14. The molecule has 0 atom stereocenters. The van der Waals surface area contributed by atoms with Crippen LogP contribution >= 0.6 is 0 Å². The Morgan fingerprint density at radius 2 is 1.48 bits per heavy atom. The standard InChI is InChI=1S/C18H19BO2/c1-17(2)18(3,4)21-19(20-17)15-11-13-9-5-7-12-8-6-10-14(15)16(12)13/h5-11H,1-4H3. The van der Waals surface area contributed by atoms with E-state index in [2.05, 4.69) is 70.2 Å². The average Bonchev–Trinajstić information content (AvgIpc) is 2.88. The third-order valence-corrected chi connectivity index (χ3v) is 5.07. The molecule has 0 spiro atoms. The van der Waals surface area contributed by atoms with Crippen molar-refractivity contribution in [3.63, 3.8) is 0 Å². The molecular weight excluding hydrogens is 259 g/mol. The van der Waals surface area contributed by atoms with Crippen LogP contribution in [0, 0.1) is 0 Å². The monoisotopic (exact) mass is 278 g/mol. The fraction of sp³-hybridized carbons (Fsp3) is 0.333. The summed E-state index contributed by atoms with van der Waals surface area (Å²) >= 11 is 0. The van der Waals surface area contributed by atoms with E-state index in [4.69, 9.17) is 9.31 Å². The van der Waals surface area contributed by atoms with Crippen molar-refractivity contribution in [2.45, 2.75) is 38.9 Å². The second kappa shape index (κ2) is 3.99. The summed E-state index contributed by atoms with van der Waals surface area (Å²) in [7, 11) is -0.298. The molecule has 0 bridgehead atoms. The van der Waals surface area contributed by atoms with Crippen molar-refractivity contribution in [1.29, 1.82) is 0 Å². The summed E-state index contributed by atoms with van der Waals surface area (Å²) in [6, 6.07) is 12.8. The lowest BCUT2D eigenvalue weighted by Gasteiger charge is -2.32. The van der Waals surface area contributed by atoms with Gasteiger partial charge in [-0.15, -0.1) is 0 Å². The smallest absolute Gasteiger partial charge is 0.399 e. The van der Waals surface area contributed by atoms with E-state index in [1.165, 1.54) is 21.9 Å². The summed E-state index contributed by atoms with van der Waals surface area (Å²) < 4.78 is 12.4. The summed E-state index contributed by atoms with van der Waals surface area (Å²) in [5.41, 5.74) is 3.03. The van der Waals surface area contributed by atoms with Gasteiger partial charge in [-0.1, -0.05) is 42.5 Å². The minimum absolute atomic E-state index is 0.298. The highest BCUT2D eigenvalue weighted by molar-refractivity contribution is 6.71. The van der Waals surface area contributed by atoms with Gasteiger partial charge in [0.1, 0.15) is 0 Å². The third kappa shape index (κ3) is 1.74. The molecule has 2 aliphatic rings. The van der Waals surface area contributed by atoms with Gasteiger partial charge in [0.05, 0.1) is 11.2 Å². The Hall–Kier alpha value is -1.58. The maximum atomic E-state index is 6.22. The Balaban J connectivity index is 1.82. The Labute approximate surface area is 125 Å². The molecule has 1 aliphatic carbocycles. The van der Waals surface area contributed by atoms with Gasteiger partial charge in [0, 0.05) is 0 Å². The van der Waals surface area contributed by atoms with Gasteiger partial charge in [0.2, 0.25) is 0 Å². The second-order valence-corrected chi connectivity index (χ2v) is 6.94. The molecule has 1 heterocycles. The van der Waals surface area contributed by atoms with Crippen molar-refractivity contribution < 1.29 is 9.31 Å². The minimum atomic E-state index is -0.304. The number of hydrogen-bond acceptors (Lipinski definition) is 2. The Bertz CT molecular complexity index is 753. The Morgan fingerprint density at radius 1 is 0.857 bits per heavy atom. The van der Waals surface area contributed by atoms with Crippen LogP contribution in [0.5, 0.6) is 0 Å². The van der Waals surface area contributed by atoms with E-state index in [1.807, 2.05) is 0 Å². The SMILES string of the molecule is CC1(C)OB(C2=Cc3cccc4cccc2c34)OC1(C)C. The molecule has 0 aromatic heterocycles. The molecule has 0 unspecified atom stereocenters. The molecule has 2 aromatic rings. The zero-order valence-electron chi connectivity index (χ0n) is 12.9. The molecule has 106 valence electrons. The number of hydrogen-bond donors (Lipinski definition) is 0. The second-order valence-electron chi connectivity index (χ2n) is 6.94. The van der Waals surface area contributed by atoms with E-state index in [0.717, 1.165) is 5.47 Å². The van der Waals surface area contributed by atoms with Crippen LogP contribution < -0.4 is 0 Å². The molecule has 1 saturated heterocycles. The normalized spacial score (nSPS) is 21.9. The van der Waals surface area contributed by atoms with Gasteiger partial charge in [0.25, 0.3) is 0 Å². The summed E-state index contributed by atoms with van der Waals surface area (Å²) in [5, 5.41) is 2.58. The summed E-state index contributed by atoms with van der Waals surface area (Å²) in [6.07, 6.45) is 2.21. The Kier molecular flexibility index (Phi) is 2.49. The molecule has 0 amide bonds. The van der Waals surface area contributed by atoms with E-state index >= 15 is 0 Å². The van der Waals surface area contributed by atoms with Crippen LogP contribution in [0.1, 0.15) is 38.8 Å². The maximum Gasteiger partial charge on any atom is 0.495 e. The van der Waals surface area contributed by atoms with Crippen molar-refractivity contribution >= 4 is 29.4 Å². The van der Waals surface area contributed by atoms with Crippen molar-refractivity contribution in [3.05, 3.63) is 47.5 Å². The topological polar surface area (TPSA) is 18.5 Å². The lowest BCUT2D eigenvalue weighted by Crippen LogP contribution is -2.41. The van der Waals surface area contributed by atoms with Crippen LogP contribution in [0.15, 0.2) is 36.4 Å². The van der Waals surface area contributed by atoms with Crippen molar-refractivity contribution in [2.24, 2.45) is 0 Å². The summed E-state index contributed by atoms with van der Waals surface area (Å²) in [4.78, 5) is 0. The first-order valence-corrected chi connectivity index (χ1v) is 7.48. The van der Waals surface area contributed by atoms with Crippen LogP contribution in [0.4, 0.5) is 0 Å². The predicted molar refractivity (Wildman–Crippen MR) is 87.9 cm³/mol. The number of benzene rings is 2. The van der Waals surface area contributed by atoms with Crippen LogP contribution in [0.25, 0.3) is 22.3 Å². The lowest BCUT2D eigenvalue weighted by molar-refractivity contribution is 0.00578. The number of rotatable bonds is 1. The van der Waals surface area contributed by atoms with E-state index in [0.29, 0.717) is 0 Å². The highest BCUT2D eigenvalue weighted by atomic mass is 16.7. The molecule has 4 rings (SSSR count). The Morgan fingerprint density at radius 3 is 2.14 bits per heavy atom. The van der Waals surface area contributed by atoms with Gasteiger partial charge in [-0.2, -0.15) is 0 Å². The first kappa shape index (κ1) is 13.1. The quantitative estimate of drug-likeness (QED) is 0.723. The van der Waals surface area contributed by atoms with Gasteiger partial charge in [-0.3, -0.25) is 0 Å². The predicted octanol–water partition coefficient (Wildman–Crippen LogP) is 4.33. The molecule has 1 aliphatic heterocycles. The zero-order valence-corrected chi connectivity index (χ0v) is 12.9. The molecule has 3 heteroatoms. The van der Waals surface area contributed by atoms with Crippen LogP contribution in [0.2, 0.25) is 0 Å². The van der Waals surface area contributed by atoms with Crippen LogP contribution in [-0.2, 0) is 9.31 Å². The minimum Gasteiger partial charge on any atom is -0.399 e. The molecule has 0 saturated carbocycles. The van der Waals surface area contributed by atoms with Crippen molar-refractivity contribution in [1.82, 2.24) is 0 Å². The van der Waals surface area contributed by atoms with E-state index < -0.39 is 0 Å². The first-order valence-electron chi connectivity index (χ1n) is 7.48. The van der Waals surface area contributed by atoms with Gasteiger partial charge < -0.3 is 9.31 Å². The highest BCUT2D eigenvalue weighted by Crippen LogP contribution is 2.45. The molecule has 2 nitrogen and oxygen atoms in total.